The van der Waals surface area contributed by atoms with E-state index in [-0.39, 0.29) is 4.99 Å². The predicted molar refractivity (Wildman–Crippen MR) is 40.0 cm³/mol. The highest BCUT2D eigenvalue weighted by atomic mass is 32.2. The van der Waals surface area contributed by atoms with Crippen LogP contribution in [0.15, 0.2) is 17.3 Å². The van der Waals surface area contributed by atoms with Crippen molar-refractivity contribution in [1.82, 2.24) is 4.98 Å². The number of hydrogen-bond donors (Lipinski definition) is 1. The SMILES string of the molecule is O=S(=O)=C1C=c2cc[nH]c2=N1. The third kappa shape index (κ3) is 0.894. The smallest absolute Gasteiger partial charge is 0.240 e. The average molecular weight is 168 g/mol. The summed E-state index contributed by atoms with van der Waals surface area (Å²) in [6.45, 7) is 0. The van der Waals surface area contributed by atoms with Crippen LogP contribution in [0.3, 0.4) is 0 Å². The first-order valence-electron chi connectivity index (χ1n) is 2.97. The maximum atomic E-state index is 10.4. The molecule has 0 spiro atoms. The molecule has 2 heterocycles. The lowest BCUT2D eigenvalue weighted by molar-refractivity contribution is 0.627. The van der Waals surface area contributed by atoms with Gasteiger partial charge in [0.05, 0.1) is 0 Å². The van der Waals surface area contributed by atoms with E-state index in [1.54, 1.807) is 12.3 Å². The second kappa shape index (κ2) is 2.06. The van der Waals surface area contributed by atoms with Crippen LogP contribution in [0.2, 0.25) is 0 Å². The zero-order valence-corrected chi connectivity index (χ0v) is 6.22. The lowest BCUT2D eigenvalue weighted by Gasteiger charge is -1.73. The Labute approximate surface area is 63.4 Å². The molecule has 0 bridgehead atoms. The van der Waals surface area contributed by atoms with E-state index in [1.165, 1.54) is 6.08 Å². The molecule has 1 N–H and O–H groups in total. The standard InChI is InChI=1S/C6H4N2O2S/c9-11(10)5-3-4-1-2-7-6(4)8-5/h1-3H,(H,7,8). The summed E-state index contributed by atoms with van der Waals surface area (Å²) in [5, 5.41) is 0.823. The molecule has 11 heavy (non-hydrogen) atoms. The molecule has 5 heteroatoms. The van der Waals surface area contributed by atoms with Crippen molar-refractivity contribution in [3.8, 4) is 0 Å². The molecule has 0 saturated carbocycles. The van der Waals surface area contributed by atoms with Gasteiger partial charge in [-0.2, -0.15) is 8.42 Å². The van der Waals surface area contributed by atoms with Gasteiger partial charge in [-0.25, -0.2) is 4.99 Å². The van der Waals surface area contributed by atoms with Gasteiger partial charge < -0.3 is 4.98 Å². The van der Waals surface area contributed by atoms with Gasteiger partial charge >= 0.3 is 0 Å². The van der Waals surface area contributed by atoms with Crippen LogP contribution in [-0.4, -0.2) is 18.4 Å². The number of H-pyrrole nitrogens is 1. The van der Waals surface area contributed by atoms with Crippen molar-refractivity contribution in [3.63, 3.8) is 0 Å². The Morgan fingerprint density at radius 1 is 1.45 bits per heavy atom. The Hall–Kier alpha value is -1.36. The Morgan fingerprint density at radius 3 is 2.91 bits per heavy atom. The van der Waals surface area contributed by atoms with Gasteiger partial charge in [-0.3, -0.25) is 0 Å². The van der Waals surface area contributed by atoms with Gasteiger partial charge in [-0.1, -0.05) is 0 Å². The van der Waals surface area contributed by atoms with Crippen LogP contribution in [0.25, 0.3) is 6.08 Å². The zero-order chi connectivity index (χ0) is 7.84. The van der Waals surface area contributed by atoms with Crippen LogP contribution in [-0.2, 0) is 10.3 Å². The van der Waals surface area contributed by atoms with Crippen LogP contribution in [0.4, 0.5) is 0 Å². The van der Waals surface area contributed by atoms with Crippen molar-refractivity contribution in [1.29, 1.82) is 0 Å². The number of aromatic amines is 1. The first-order valence-corrected chi connectivity index (χ1v) is 4.05. The number of aromatic nitrogens is 1. The summed E-state index contributed by atoms with van der Waals surface area (Å²) in [7, 11) is -2.22. The van der Waals surface area contributed by atoms with Gasteiger partial charge in [0.25, 0.3) is 0 Å². The molecule has 0 fully saturated rings. The highest BCUT2D eigenvalue weighted by Crippen LogP contribution is 1.82. The summed E-state index contributed by atoms with van der Waals surface area (Å²) in [5.74, 6) is 0. The van der Waals surface area contributed by atoms with Crippen LogP contribution < -0.4 is 10.7 Å². The second-order valence-electron chi connectivity index (χ2n) is 2.11. The van der Waals surface area contributed by atoms with E-state index < -0.39 is 10.3 Å². The molecule has 1 aliphatic rings. The Balaban J connectivity index is 2.95. The molecule has 0 radical (unpaired) electrons. The van der Waals surface area contributed by atoms with Crippen molar-refractivity contribution in [2.24, 2.45) is 4.99 Å². The van der Waals surface area contributed by atoms with Crippen LogP contribution in [0.1, 0.15) is 0 Å². The number of nitrogens with zero attached hydrogens (tertiary/aromatic N) is 1. The monoisotopic (exact) mass is 168 g/mol. The van der Waals surface area contributed by atoms with E-state index >= 15 is 0 Å². The molecular weight excluding hydrogens is 164 g/mol. The fraction of sp³-hybridized carbons (Fsp3) is 0. The molecule has 1 aromatic rings. The van der Waals surface area contributed by atoms with Crippen LogP contribution >= 0.6 is 0 Å². The van der Waals surface area contributed by atoms with Gasteiger partial charge in [-0.15, -0.1) is 0 Å². The molecule has 0 aliphatic carbocycles. The summed E-state index contributed by atoms with van der Waals surface area (Å²) < 4.78 is 20.8. The van der Waals surface area contributed by atoms with Gasteiger partial charge in [0, 0.05) is 11.4 Å². The minimum absolute atomic E-state index is 0.0897. The lowest BCUT2D eigenvalue weighted by Crippen LogP contribution is -2.17. The van der Waals surface area contributed by atoms with E-state index in [0.717, 1.165) is 5.22 Å². The van der Waals surface area contributed by atoms with Crippen LogP contribution in [0.5, 0.6) is 0 Å². The van der Waals surface area contributed by atoms with Crippen molar-refractivity contribution >= 4 is 21.4 Å². The van der Waals surface area contributed by atoms with E-state index in [4.69, 9.17) is 0 Å². The minimum atomic E-state index is -2.22. The average Bonchev–Trinajstić information content (AvgIpc) is 2.40. The quantitative estimate of drug-likeness (QED) is 0.476. The summed E-state index contributed by atoms with van der Waals surface area (Å²) in [6, 6.07) is 1.78. The fourth-order valence-corrected chi connectivity index (χ4v) is 1.34. The molecule has 0 saturated heterocycles. The molecule has 0 atom stereocenters. The highest BCUT2D eigenvalue weighted by Gasteiger charge is 2.02. The maximum Gasteiger partial charge on any atom is 0.240 e. The lowest BCUT2D eigenvalue weighted by atomic mass is 10.4. The second-order valence-corrected chi connectivity index (χ2v) is 3.00. The van der Waals surface area contributed by atoms with Crippen molar-refractivity contribution in [2.75, 3.05) is 0 Å². The number of rotatable bonds is 0. The van der Waals surface area contributed by atoms with Crippen molar-refractivity contribution in [2.45, 2.75) is 0 Å². The Kier molecular flexibility index (Phi) is 1.19. The van der Waals surface area contributed by atoms with E-state index in [9.17, 15) is 8.42 Å². The molecular formula is C6H4N2O2S. The number of nitrogens with one attached hydrogen (secondary N) is 1. The number of hydrogen-bond acceptors (Lipinski definition) is 2. The normalized spacial score (nSPS) is 13.6. The molecule has 0 aromatic carbocycles. The summed E-state index contributed by atoms with van der Waals surface area (Å²) in [5.41, 5.74) is 0.615. The summed E-state index contributed by atoms with van der Waals surface area (Å²) >= 11 is 0. The Bertz CT molecular complexity index is 495. The number of fused-ring (bicyclic) bond motifs is 1. The van der Waals surface area contributed by atoms with E-state index in [2.05, 4.69) is 9.98 Å². The third-order valence-electron chi connectivity index (χ3n) is 1.43. The van der Waals surface area contributed by atoms with Crippen molar-refractivity contribution in [3.05, 3.63) is 23.0 Å². The van der Waals surface area contributed by atoms with Crippen molar-refractivity contribution < 1.29 is 8.42 Å². The fourth-order valence-electron chi connectivity index (χ4n) is 0.947. The molecule has 56 valence electrons. The highest BCUT2D eigenvalue weighted by molar-refractivity contribution is 7.73. The largest absolute Gasteiger partial charge is 0.346 e. The third-order valence-corrected chi connectivity index (χ3v) is 1.98. The van der Waals surface area contributed by atoms with Gasteiger partial charge in [0.1, 0.15) is 5.49 Å². The minimum Gasteiger partial charge on any atom is -0.346 e. The van der Waals surface area contributed by atoms with Gasteiger partial charge in [0.2, 0.25) is 10.3 Å². The van der Waals surface area contributed by atoms with Crippen LogP contribution in [0, 0.1) is 0 Å². The summed E-state index contributed by atoms with van der Waals surface area (Å²) in [4.78, 5) is 6.70. The zero-order valence-electron chi connectivity index (χ0n) is 5.40. The van der Waals surface area contributed by atoms with E-state index in [0.29, 0.717) is 5.49 Å². The first kappa shape index (κ1) is 6.36. The molecule has 0 amide bonds. The first-order chi connectivity index (χ1) is 5.27. The Morgan fingerprint density at radius 2 is 2.27 bits per heavy atom. The van der Waals surface area contributed by atoms with Gasteiger partial charge in [0.15, 0.2) is 4.99 Å². The predicted octanol–water partition coefficient (Wildman–Crippen LogP) is -1.56. The van der Waals surface area contributed by atoms with Gasteiger partial charge in [-0.05, 0) is 12.1 Å². The summed E-state index contributed by atoms with van der Waals surface area (Å²) in [6.07, 6.45) is 3.24. The van der Waals surface area contributed by atoms with E-state index in [1.807, 2.05) is 0 Å². The molecule has 1 aromatic heterocycles. The molecule has 4 nitrogen and oxygen atoms in total. The molecule has 2 rings (SSSR count). The molecule has 0 unspecified atom stereocenters. The molecule has 1 aliphatic heterocycles. The maximum absolute atomic E-state index is 10.4. The topological polar surface area (TPSA) is 62.3 Å².